The SMILES string of the molecule is O=C(O)C1(C(F)(F)F)CCN(C2CCCS(=O)(=O)C2)C1. The molecule has 20 heavy (non-hydrogen) atoms. The number of hydrogen-bond acceptors (Lipinski definition) is 4. The molecule has 0 saturated carbocycles. The fourth-order valence-electron chi connectivity index (χ4n) is 2.96. The minimum atomic E-state index is -4.83. The molecule has 0 aromatic rings. The van der Waals surface area contributed by atoms with Gasteiger partial charge in [0.1, 0.15) is 0 Å². The van der Waals surface area contributed by atoms with E-state index < -0.39 is 46.4 Å². The summed E-state index contributed by atoms with van der Waals surface area (Å²) in [7, 11) is -3.23. The fourth-order valence-corrected chi connectivity index (χ4v) is 4.70. The molecule has 2 aliphatic heterocycles. The van der Waals surface area contributed by atoms with Gasteiger partial charge in [0.25, 0.3) is 0 Å². The normalized spacial score (nSPS) is 35.0. The lowest BCUT2D eigenvalue weighted by Crippen LogP contribution is -2.49. The third kappa shape index (κ3) is 2.65. The molecule has 2 fully saturated rings. The van der Waals surface area contributed by atoms with E-state index in [1.54, 1.807) is 0 Å². The molecule has 2 rings (SSSR count). The summed E-state index contributed by atoms with van der Waals surface area (Å²) in [6.45, 7) is -0.696. The van der Waals surface area contributed by atoms with E-state index in [-0.39, 0.29) is 18.1 Å². The second-order valence-corrected chi connectivity index (χ2v) is 7.74. The Kier molecular flexibility index (Phi) is 3.79. The largest absolute Gasteiger partial charge is 0.481 e. The van der Waals surface area contributed by atoms with Crippen LogP contribution in [-0.4, -0.2) is 61.2 Å². The molecule has 2 aliphatic rings. The van der Waals surface area contributed by atoms with E-state index in [1.807, 2.05) is 0 Å². The number of likely N-dealkylation sites (tertiary alicyclic amines) is 1. The molecule has 9 heteroatoms. The van der Waals surface area contributed by atoms with E-state index in [0.717, 1.165) is 0 Å². The minimum Gasteiger partial charge on any atom is -0.481 e. The lowest BCUT2D eigenvalue weighted by Gasteiger charge is -2.33. The Bertz CT molecular complexity index is 504. The summed E-state index contributed by atoms with van der Waals surface area (Å²) in [5.41, 5.74) is -2.77. The first-order valence-corrected chi connectivity index (χ1v) is 8.14. The van der Waals surface area contributed by atoms with Crippen molar-refractivity contribution in [2.75, 3.05) is 24.6 Å². The average Bonchev–Trinajstić information content (AvgIpc) is 2.72. The van der Waals surface area contributed by atoms with Crippen LogP contribution in [0, 0.1) is 5.41 Å². The number of rotatable bonds is 2. The zero-order valence-corrected chi connectivity index (χ0v) is 11.5. The Balaban J connectivity index is 2.17. The molecule has 0 amide bonds. The first kappa shape index (κ1) is 15.6. The van der Waals surface area contributed by atoms with Crippen molar-refractivity contribution < 1.29 is 31.5 Å². The van der Waals surface area contributed by atoms with Gasteiger partial charge < -0.3 is 5.11 Å². The van der Waals surface area contributed by atoms with Gasteiger partial charge in [0.05, 0.1) is 11.5 Å². The van der Waals surface area contributed by atoms with Crippen molar-refractivity contribution in [1.82, 2.24) is 4.90 Å². The highest BCUT2D eigenvalue weighted by molar-refractivity contribution is 7.91. The van der Waals surface area contributed by atoms with Crippen LogP contribution in [0.15, 0.2) is 0 Å². The molecule has 0 radical (unpaired) electrons. The molecule has 2 heterocycles. The Hall–Kier alpha value is -0.830. The molecule has 116 valence electrons. The lowest BCUT2D eigenvalue weighted by atomic mass is 9.86. The van der Waals surface area contributed by atoms with Crippen molar-refractivity contribution in [3.05, 3.63) is 0 Å². The van der Waals surface area contributed by atoms with Gasteiger partial charge in [0, 0.05) is 12.6 Å². The van der Waals surface area contributed by atoms with Gasteiger partial charge in [-0.05, 0) is 25.8 Å². The van der Waals surface area contributed by atoms with Crippen molar-refractivity contribution in [3.8, 4) is 0 Å². The molecule has 0 spiro atoms. The van der Waals surface area contributed by atoms with Crippen LogP contribution in [0.3, 0.4) is 0 Å². The van der Waals surface area contributed by atoms with Gasteiger partial charge in [0.15, 0.2) is 15.3 Å². The van der Waals surface area contributed by atoms with E-state index >= 15 is 0 Å². The predicted molar refractivity (Wildman–Crippen MR) is 64.0 cm³/mol. The van der Waals surface area contributed by atoms with Crippen molar-refractivity contribution in [2.24, 2.45) is 5.41 Å². The maximum absolute atomic E-state index is 13.0. The number of sulfone groups is 1. The number of carbonyl (C=O) groups is 1. The summed E-state index contributed by atoms with van der Waals surface area (Å²) >= 11 is 0. The number of halogens is 3. The number of aliphatic carboxylic acids is 1. The summed E-state index contributed by atoms with van der Waals surface area (Å²) in [6, 6.07) is -0.502. The van der Waals surface area contributed by atoms with Crippen LogP contribution in [0.1, 0.15) is 19.3 Å². The van der Waals surface area contributed by atoms with Gasteiger partial charge in [0.2, 0.25) is 0 Å². The van der Waals surface area contributed by atoms with Crippen molar-refractivity contribution in [3.63, 3.8) is 0 Å². The maximum Gasteiger partial charge on any atom is 0.406 e. The number of carboxylic acid groups (broad SMARTS) is 1. The summed E-state index contributed by atoms with van der Waals surface area (Å²) in [6.07, 6.45) is -4.45. The molecular formula is C11H16F3NO4S. The molecule has 2 atom stereocenters. The average molecular weight is 315 g/mol. The second kappa shape index (κ2) is 4.87. The second-order valence-electron chi connectivity index (χ2n) is 5.52. The predicted octanol–water partition coefficient (Wildman–Crippen LogP) is 0.903. The van der Waals surface area contributed by atoms with Crippen LogP contribution in [-0.2, 0) is 14.6 Å². The van der Waals surface area contributed by atoms with Crippen LogP contribution >= 0.6 is 0 Å². The van der Waals surface area contributed by atoms with Crippen molar-refractivity contribution in [2.45, 2.75) is 31.5 Å². The molecule has 1 N–H and O–H groups in total. The Morgan fingerprint density at radius 3 is 2.45 bits per heavy atom. The molecule has 5 nitrogen and oxygen atoms in total. The summed E-state index contributed by atoms with van der Waals surface area (Å²) in [4.78, 5) is 12.4. The highest BCUT2D eigenvalue weighted by Gasteiger charge is 2.64. The Morgan fingerprint density at radius 2 is 2.00 bits per heavy atom. The third-order valence-corrected chi connectivity index (χ3v) is 6.01. The number of nitrogens with zero attached hydrogens (tertiary/aromatic N) is 1. The summed E-state index contributed by atoms with van der Waals surface area (Å²) < 4.78 is 62.2. The van der Waals surface area contributed by atoms with E-state index in [0.29, 0.717) is 12.8 Å². The molecule has 0 aromatic carbocycles. The fraction of sp³-hybridized carbons (Fsp3) is 0.909. The van der Waals surface area contributed by atoms with Gasteiger partial charge >= 0.3 is 12.1 Å². The van der Waals surface area contributed by atoms with E-state index in [1.165, 1.54) is 4.90 Å². The third-order valence-electron chi connectivity index (χ3n) is 4.21. The molecule has 0 aromatic heterocycles. The monoisotopic (exact) mass is 315 g/mol. The molecule has 0 aliphatic carbocycles. The first-order valence-electron chi connectivity index (χ1n) is 6.32. The van der Waals surface area contributed by atoms with Crippen LogP contribution in [0.4, 0.5) is 13.2 Å². The Labute approximate surface area is 114 Å². The smallest absolute Gasteiger partial charge is 0.406 e. The zero-order valence-electron chi connectivity index (χ0n) is 10.7. The molecule has 0 bridgehead atoms. The van der Waals surface area contributed by atoms with Gasteiger partial charge in [-0.25, -0.2) is 8.42 Å². The highest BCUT2D eigenvalue weighted by atomic mass is 32.2. The lowest BCUT2D eigenvalue weighted by molar-refractivity contribution is -0.227. The maximum atomic E-state index is 13.0. The first-order chi connectivity index (χ1) is 9.07. The Morgan fingerprint density at radius 1 is 1.35 bits per heavy atom. The number of alkyl halides is 3. The van der Waals surface area contributed by atoms with E-state index in [2.05, 4.69) is 0 Å². The zero-order chi connectivity index (χ0) is 15.2. The van der Waals surface area contributed by atoms with Gasteiger partial charge in [-0.15, -0.1) is 0 Å². The standard InChI is InChI=1S/C11H16F3NO4S/c12-11(13,14)10(9(16)17)3-4-15(7-10)8-2-1-5-20(18,19)6-8/h8H,1-7H2,(H,16,17). The molecule has 2 saturated heterocycles. The van der Waals surface area contributed by atoms with Gasteiger partial charge in [-0.3, -0.25) is 9.69 Å². The van der Waals surface area contributed by atoms with Crippen LogP contribution in [0.25, 0.3) is 0 Å². The molecule has 2 unspecified atom stereocenters. The minimum absolute atomic E-state index is 0.0357. The quantitative estimate of drug-likeness (QED) is 0.819. The van der Waals surface area contributed by atoms with Crippen LogP contribution in [0.5, 0.6) is 0 Å². The molecular weight excluding hydrogens is 299 g/mol. The van der Waals surface area contributed by atoms with Gasteiger partial charge in [-0.2, -0.15) is 13.2 Å². The van der Waals surface area contributed by atoms with Crippen LogP contribution < -0.4 is 0 Å². The highest BCUT2D eigenvalue weighted by Crippen LogP contribution is 2.46. The van der Waals surface area contributed by atoms with Gasteiger partial charge in [-0.1, -0.05) is 0 Å². The van der Waals surface area contributed by atoms with Crippen LogP contribution in [0.2, 0.25) is 0 Å². The van der Waals surface area contributed by atoms with E-state index in [9.17, 15) is 26.4 Å². The number of hydrogen-bond donors (Lipinski definition) is 1. The summed E-state index contributed by atoms with van der Waals surface area (Å²) in [5, 5.41) is 8.95. The number of carboxylic acids is 1. The summed E-state index contributed by atoms with van der Waals surface area (Å²) in [5.74, 6) is -2.01. The topological polar surface area (TPSA) is 74.7 Å². The van der Waals surface area contributed by atoms with Crippen molar-refractivity contribution in [1.29, 1.82) is 0 Å². The van der Waals surface area contributed by atoms with E-state index in [4.69, 9.17) is 5.11 Å². The van der Waals surface area contributed by atoms with Crippen molar-refractivity contribution >= 4 is 15.8 Å².